The fourth-order valence-corrected chi connectivity index (χ4v) is 2.69. The molecule has 0 aliphatic carbocycles. The van der Waals surface area contributed by atoms with Gasteiger partial charge in [0.1, 0.15) is 25.3 Å². The third kappa shape index (κ3) is 9.32. The first-order valence-corrected chi connectivity index (χ1v) is 8.24. The summed E-state index contributed by atoms with van der Waals surface area (Å²) in [5.41, 5.74) is 0. The highest BCUT2D eigenvalue weighted by Gasteiger charge is 2.31. The Kier molecular flexibility index (Phi) is 14.8. The van der Waals surface area contributed by atoms with E-state index in [0.29, 0.717) is 0 Å². The molecule has 2 atom stereocenters. The molecule has 0 aromatic carbocycles. The van der Waals surface area contributed by atoms with Crippen molar-refractivity contribution < 1.29 is 31.7 Å². The minimum Gasteiger partial charge on any atom is -1.00 e. The third-order valence-electron chi connectivity index (χ3n) is 4.11. The Balaban J connectivity index is 0. The van der Waals surface area contributed by atoms with Gasteiger partial charge in [0.15, 0.2) is 0 Å². The molecule has 0 spiro atoms. The maximum Gasteiger partial charge on any atom is 0.105 e. The number of aliphatic hydroxyl groups is 2. The van der Waals surface area contributed by atoms with Gasteiger partial charge in [-0.05, 0) is 25.7 Å². The first kappa shape index (κ1) is 22.6. The van der Waals surface area contributed by atoms with E-state index < -0.39 is 0 Å². The van der Waals surface area contributed by atoms with Crippen LogP contribution in [-0.4, -0.2) is 53.1 Å². The van der Waals surface area contributed by atoms with E-state index in [4.69, 9.17) is 0 Å². The first-order valence-electron chi connectivity index (χ1n) is 8.24. The van der Waals surface area contributed by atoms with E-state index in [2.05, 4.69) is 13.8 Å². The van der Waals surface area contributed by atoms with Crippen molar-refractivity contribution in [1.29, 1.82) is 0 Å². The highest BCUT2D eigenvalue weighted by Crippen LogP contribution is 2.17. The zero-order valence-corrected chi connectivity index (χ0v) is 15.5. The van der Waals surface area contributed by atoms with E-state index in [0.717, 1.165) is 43.5 Å². The number of unbranched alkanes of at least 4 members (excludes halogenated alkanes) is 2. The van der Waals surface area contributed by atoms with E-state index >= 15 is 0 Å². The molecule has 0 aliphatic heterocycles. The summed E-state index contributed by atoms with van der Waals surface area (Å²) in [5.74, 6) is 0. The minimum absolute atomic E-state index is 0. The Labute approximate surface area is 136 Å². The van der Waals surface area contributed by atoms with Gasteiger partial charge in [0.05, 0.1) is 13.1 Å². The summed E-state index contributed by atoms with van der Waals surface area (Å²) < 4.78 is 0.895. The van der Waals surface area contributed by atoms with Crippen LogP contribution in [0.1, 0.15) is 66.2 Å². The lowest BCUT2D eigenvalue weighted by Gasteiger charge is -2.41. The molecule has 2 N–H and O–H groups in total. The first-order chi connectivity index (χ1) is 9.03. The summed E-state index contributed by atoms with van der Waals surface area (Å²) >= 11 is 0. The van der Waals surface area contributed by atoms with Crippen LogP contribution < -0.4 is 17.0 Å². The Bertz CT molecular complexity index is 193. The lowest BCUT2D eigenvalue weighted by molar-refractivity contribution is -0.934. The second-order valence-electron chi connectivity index (χ2n) is 5.99. The second-order valence-corrected chi connectivity index (χ2v) is 5.99. The Hall–Kier alpha value is 0.360. The topological polar surface area (TPSA) is 40.5 Å². The quantitative estimate of drug-likeness (QED) is 0.483. The molecule has 0 radical (unpaired) electrons. The van der Waals surface area contributed by atoms with Gasteiger partial charge in [0.2, 0.25) is 0 Å². The molecule has 0 aromatic heterocycles. The van der Waals surface area contributed by atoms with Crippen molar-refractivity contribution in [3.63, 3.8) is 0 Å². The van der Waals surface area contributed by atoms with Gasteiger partial charge in [0.25, 0.3) is 0 Å². The summed E-state index contributed by atoms with van der Waals surface area (Å²) in [5, 5.41) is 20.2. The zero-order valence-electron chi connectivity index (χ0n) is 13.9. The Morgan fingerprint density at radius 2 is 1.10 bits per heavy atom. The van der Waals surface area contributed by atoms with Crippen molar-refractivity contribution in [2.24, 2.45) is 0 Å². The van der Waals surface area contributed by atoms with Crippen LogP contribution in [0, 0.1) is 0 Å². The largest absolute Gasteiger partial charge is 1.00 e. The van der Waals surface area contributed by atoms with Gasteiger partial charge in [-0.1, -0.05) is 40.5 Å². The van der Waals surface area contributed by atoms with Crippen molar-refractivity contribution in [1.82, 2.24) is 0 Å². The van der Waals surface area contributed by atoms with Crippen molar-refractivity contribution >= 4 is 0 Å². The summed E-state index contributed by atoms with van der Waals surface area (Å²) in [6.07, 6.45) is 5.84. The van der Waals surface area contributed by atoms with Crippen LogP contribution in [0.25, 0.3) is 0 Å². The van der Waals surface area contributed by atoms with Crippen molar-refractivity contribution in [2.75, 3.05) is 26.2 Å². The molecule has 0 saturated heterocycles. The normalized spacial score (nSPS) is 14.7. The van der Waals surface area contributed by atoms with E-state index in [-0.39, 0.29) is 29.2 Å². The molecule has 0 aromatic rings. The van der Waals surface area contributed by atoms with Gasteiger partial charge < -0.3 is 31.7 Å². The van der Waals surface area contributed by atoms with Gasteiger partial charge in [-0.25, -0.2) is 0 Å². The molecule has 0 heterocycles. The molecule has 0 amide bonds. The summed E-state index contributed by atoms with van der Waals surface area (Å²) in [4.78, 5) is 0. The second kappa shape index (κ2) is 13.1. The van der Waals surface area contributed by atoms with E-state index in [1.54, 1.807) is 0 Å². The molecule has 2 unspecified atom stereocenters. The monoisotopic (exact) mass is 353 g/mol. The van der Waals surface area contributed by atoms with Crippen molar-refractivity contribution in [2.45, 2.75) is 78.4 Å². The predicted octanol–water partition coefficient (Wildman–Crippen LogP) is -0.0508. The number of halogens is 1. The molecule has 20 heavy (non-hydrogen) atoms. The maximum atomic E-state index is 10.1. The Morgan fingerprint density at radius 3 is 1.35 bits per heavy atom. The number of hydrogen-bond donors (Lipinski definition) is 2. The van der Waals surface area contributed by atoms with Crippen LogP contribution in [-0.2, 0) is 0 Å². The number of rotatable bonds is 12. The molecule has 4 heteroatoms. The van der Waals surface area contributed by atoms with Crippen molar-refractivity contribution in [3.05, 3.63) is 0 Å². The van der Waals surface area contributed by atoms with Crippen LogP contribution in [0.3, 0.4) is 0 Å². The summed E-state index contributed by atoms with van der Waals surface area (Å²) in [7, 11) is 0. The highest BCUT2D eigenvalue weighted by atomic mass is 79.9. The van der Waals surface area contributed by atoms with Gasteiger partial charge in [-0.2, -0.15) is 0 Å². The molecule has 3 nitrogen and oxygen atoms in total. The van der Waals surface area contributed by atoms with E-state index in [1.807, 2.05) is 13.8 Å². The van der Waals surface area contributed by atoms with E-state index in [1.165, 1.54) is 25.7 Å². The van der Waals surface area contributed by atoms with Crippen LogP contribution in [0.4, 0.5) is 0 Å². The average molecular weight is 354 g/mol. The van der Waals surface area contributed by atoms with Crippen molar-refractivity contribution in [3.8, 4) is 0 Å². The summed E-state index contributed by atoms with van der Waals surface area (Å²) in [6.45, 7) is 12.3. The van der Waals surface area contributed by atoms with Crippen LogP contribution in [0.5, 0.6) is 0 Å². The van der Waals surface area contributed by atoms with Crippen LogP contribution >= 0.6 is 0 Å². The molecule has 124 valence electrons. The number of quaternary nitrogens is 1. The number of nitrogens with zero attached hydrogens (tertiary/aromatic N) is 1. The molecule has 0 saturated carbocycles. The average Bonchev–Trinajstić information content (AvgIpc) is 2.42. The van der Waals surface area contributed by atoms with Gasteiger partial charge in [0, 0.05) is 0 Å². The standard InChI is InChI=1S/C16H36NO2.BrH/c1-5-9-11-17(12-10-6-2,13-15(18)7-3)14-16(19)8-4;/h15-16,18-19H,5-14H2,1-4H3;1H/q+1;/p-1. The van der Waals surface area contributed by atoms with Gasteiger partial charge in [-0.3, -0.25) is 0 Å². The van der Waals surface area contributed by atoms with Gasteiger partial charge >= 0.3 is 0 Å². The minimum atomic E-state index is -0.238. The number of aliphatic hydroxyl groups excluding tert-OH is 2. The molecule has 0 bridgehead atoms. The third-order valence-corrected chi connectivity index (χ3v) is 4.11. The van der Waals surface area contributed by atoms with Crippen LogP contribution in [0.2, 0.25) is 0 Å². The molecule has 0 rings (SSSR count). The van der Waals surface area contributed by atoms with Crippen LogP contribution in [0.15, 0.2) is 0 Å². The Morgan fingerprint density at radius 1 is 0.750 bits per heavy atom. The van der Waals surface area contributed by atoms with Gasteiger partial charge in [-0.15, -0.1) is 0 Å². The zero-order chi connectivity index (χ0) is 14.7. The molecular weight excluding hydrogens is 318 g/mol. The lowest BCUT2D eigenvalue weighted by Crippen LogP contribution is -3.00. The lowest BCUT2D eigenvalue weighted by atomic mass is 10.1. The fraction of sp³-hybridized carbons (Fsp3) is 1.00. The molecule has 0 aliphatic rings. The smallest absolute Gasteiger partial charge is 0.105 e. The summed E-state index contributed by atoms with van der Waals surface area (Å²) in [6, 6.07) is 0. The number of hydrogen-bond acceptors (Lipinski definition) is 2. The highest BCUT2D eigenvalue weighted by molar-refractivity contribution is 4.59. The fourth-order valence-electron chi connectivity index (χ4n) is 2.69. The van der Waals surface area contributed by atoms with E-state index in [9.17, 15) is 10.2 Å². The SMILES string of the molecule is CCCC[N+](CCCC)(CC(O)CC)CC(O)CC.[Br-]. The maximum absolute atomic E-state index is 10.1. The molecular formula is C16H36BrNO2. The molecule has 0 fully saturated rings. The predicted molar refractivity (Wildman–Crippen MR) is 82.1 cm³/mol.